The van der Waals surface area contributed by atoms with E-state index in [2.05, 4.69) is 10.2 Å². The van der Waals surface area contributed by atoms with E-state index in [1.165, 1.54) is 12.1 Å². The Labute approximate surface area is 138 Å². The molecule has 0 bridgehead atoms. The van der Waals surface area contributed by atoms with E-state index in [1.807, 2.05) is 0 Å². The Kier molecular flexibility index (Phi) is 5.16. The number of allylic oxidation sites excluding steroid dienone is 4. The van der Waals surface area contributed by atoms with Crippen LogP contribution in [0.5, 0.6) is 0 Å². The average molecular weight is 338 g/mol. The molecule has 1 fully saturated rings. The number of nitrogens with zero attached hydrogens (tertiary/aromatic N) is 1. The number of piperazine rings is 1. The molecule has 1 aliphatic heterocycles. The van der Waals surface area contributed by atoms with Gasteiger partial charge in [0.2, 0.25) is 0 Å². The molecule has 0 aromatic heterocycles. The van der Waals surface area contributed by atoms with Crippen LogP contribution in [0.15, 0.2) is 53.7 Å². The minimum Gasteiger partial charge on any atom is -0.314 e. The summed E-state index contributed by atoms with van der Waals surface area (Å²) in [6.07, 6.45) is 4.05. The topological polar surface area (TPSA) is 15.3 Å². The minimum atomic E-state index is -0.929. The molecule has 2 aliphatic rings. The Balaban J connectivity index is 1.99. The molecular formula is C18H18F4N2. The van der Waals surface area contributed by atoms with Gasteiger partial charge in [0, 0.05) is 32.6 Å². The minimum absolute atomic E-state index is 0.152. The molecule has 1 unspecified atom stereocenters. The second kappa shape index (κ2) is 7.32. The van der Waals surface area contributed by atoms with Gasteiger partial charge >= 0.3 is 0 Å². The second-order valence-electron chi connectivity index (χ2n) is 5.86. The average Bonchev–Trinajstić information content (AvgIpc) is 2.75. The molecule has 24 heavy (non-hydrogen) atoms. The highest BCUT2D eigenvalue weighted by molar-refractivity contribution is 5.39. The van der Waals surface area contributed by atoms with Gasteiger partial charge in [-0.1, -0.05) is 18.2 Å². The Morgan fingerprint density at radius 2 is 1.71 bits per heavy atom. The van der Waals surface area contributed by atoms with Crippen LogP contribution >= 0.6 is 0 Å². The normalized spacial score (nSPS) is 20.8. The summed E-state index contributed by atoms with van der Waals surface area (Å²) in [5.41, 5.74) is 1.24. The van der Waals surface area contributed by atoms with E-state index >= 15 is 0 Å². The Morgan fingerprint density at radius 1 is 0.958 bits per heavy atom. The van der Waals surface area contributed by atoms with Crippen LogP contribution in [0.2, 0.25) is 0 Å². The number of hydrogen-bond donors (Lipinski definition) is 1. The van der Waals surface area contributed by atoms with Gasteiger partial charge in [0.05, 0.1) is 6.04 Å². The molecule has 0 amide bonds. The second-order valence-corrected chi connectivity index (χ2v) is 5.86. The van der Waals surface area contributed by atoms with Crippen molar-refractivity contribution in [3.8, 4) is 0 Å². The van der Waals surface area contributed by atoms with Gasteiger partial charge < -0.3 is 5.32 Å². The van der Waals surface area contributed by atoms with E-state index in [4.69, 9.17) is 0 Å². The first-order chi connectivity index (χ1) is 11.6. The summed E-state index contributed by atoms with van der Waals surface area (Å²) in [5, 5.41) is 3.23. The van der Waals surface area contributed by atoms with E-state index in [9.17, 15) is 17.6 Å². The highest BCUT2D eigenvalue weighted by Gasteiger charge is 2.26. The molecule has 1 aromatic rings. The van der Waals surface area contributed by atoms with Crippen LogP contribution in [-0.4, -0.2) is 31.1 Å². The van der Waals surface area contributed by atoms with Crippen molar-refractivity contribution in [1.82, 2.24) is 10.2 Å². The fourth-order valence-corrected chi connectivity index (χ4v) is 3.07. The summed E-state index contributed by atoms with van der Waals surface area (Å²) in [7, 11) is 0. The van der Waals surface area contributed by atoms with Crippen molar-refractivity contribution >= 4 is 0 Å². The molecule has 1 aromatic carbocycles. The zero-order valence-electron chi connectivity index (χ0n) is 13.0. The van der Waals surface area contributed by atoms with Crippen molar-refractivity contribution in [2.45, 2.75) is 12.5 Å². The van der Waals surface area contributed by atoms with Crippen LogP contribution in [0.1, 0.15) is 18.0 Å². The van der Waals surface area contributed by atoms with Gasteiger partial charge in [0.1, 0.15) is 5.83 Å². The lowest BCUT2D eigenvalue weighted by atomic mass is 9.95. The molecule has 2 nitrogen and oxygen atoms in total. The third kappa shape index (κ3) is 3.60. The zero-order chi connectivity index (χ0) is 17.1. The zero-order valence-corrected chi connectivity index (χ0v) is 13.0. The number of nitrogens with one attached hydrogen (secondary N) is 1. The summed E-state index contributed by atoms with van der Waals surface area (Å²) in [6, 6.07) is 3.38. The lowest BCUT2D eigenvalue weighted by molar-refractivity contribution is 0.197. The van der Waals surface area contributed by atoms with Crippen molar-refractivity contribution < 1.29 is 17.6 Å². The quantitative estimate of drug-likeness (QED) is 0.840. The maximum atomic E-state index is 13.7. The summed E-state index contributed by atoms with van der Waals surface area (Å²) in [5.74, 6) is -3.57. The van der Waals surface area contributed by atoms with Crippen molar-refractivity contribution in [2.24, 2.45) is 0 Å². The molecule has 0 spiro atoms. The van der Waals surface area contributed by atoms with Gasteiger partial charge in [-0.05, 0) is 29.3 Å². The number of halogens is 4. The van der Waals surface area contributed by atoms with E-state index in [0.29, 0.717) is 24.2 Å². The summed E-state index contributed by atoms with van der Waals surface area (Å²) in [4.78, 5) is 2.10. The third-order valence-corrected chi connectivity index (χ3v) is 4.29. The van der Waals surface area contributed by atoms with Crippen molar-refractivity contribution in [3.63, 3.8) is 0 Å². The third-order valence-electron chi connectivity index (χ3n) is 4.29. The van der Waals surface area contributed by atoms with Gasteiger partial charge in [0.25, 0.3) is 0 Å². The maximum absolute atomic E-state index is 13.7. The van der Waals surface area contributed by atoms with Crippen LogP contribution in [0.25, 0.3) is 0 Å². The first-order valence-electron chi connectivity index (χ1n) is 7.88. The van der Waals surface area contributed by atoms with Gasteiger partial charge in [-0.3, -0.25) is 4.90 Å². The largest absolute Gasteiger partial charge is 0.314 e. The van der Waals surface area contributed by atoms with Crippen LogP contribution in [0.4, 0.5) is 17.6 Å². The standard InChI is InChI=1S/C18H18F4N2/c19-14-4-1-12(2-5-15(14)20)18(24-9-7-23-8-10-24)13-3-6-16(21)17(22)11-13/h1-4,6,11,18,23H,5,7-10H2. The SMILES string of the molecule is FC1=C(F)CC=C(C(c2ccc(F)c(F)c2)N2CCNCC2)C=C1. The van der Waals surface area contributed by atoms with Crippen LogP contribution in [-0.2, 0) is 0 Å². The molecule has 1 atom stereocenters. The molecule has 3 rings (SSSR count). The molecular weight excluding hydrogens is 320 g/mol. The molecule has 128 valence electrons. The molecule has 1 N–H and O–H groups in total. The predicted molar refractivity (Wildman–Crippen MR) is 84.6 cm³/mol. The van der Waals surface area contributed by atoms with Crippen LogP contribution < -0.4 is 5.32 Å². The number of rotatable bonds is 3. The number of benzene rings is 1. The van der Waals surface area contributed by atoms with Gasteiger partial charge in [-0.15, -0.1) is 0 Å². The summed E-state index contributed by atoms with van der Waals surface area (Å²) >= 11 is 0. The Bertz CT molecular complexity index is 703. The van der Waals surface area contributed by atoms with Crippen LogP contribution in [0, 0.1) is 11.6 Å². The first kappa shape index (κ1) is 16.9. The fraction of sp³-hybridized carbons (Fsp3) is 0.333. The highest BCUT2D eigenvalue weighted by Crippen LogP contribution is 2.33. The van der Waals surface area contributed by atoms with E-state index < -0.39 is 23.3 Å². The Hall–Kier alpha value is -1.92. The van der Waals surface area contributed by atoms with Crippen molar-refractivity contribution in [2.75, 3.05) is 26.2 Å². The summed E-state index contributed by atoms with van der Waals surface area (Å²) < 4.78 is 54.0. The molecule has 1 aliphatic carbocycles. The highest BCUT2D eigenvalue weighted by atomic mass is 19.2. The number of hydrogen-bond acceptors (Lipinski definition) is 2. The van der Waals surface area contributed by atoms with Crippen LogP contribution in [0.3, 0.4) is 0 Å². The fourth-order valence-electron chi connectivity index (χ4n) is 3.07. The Morgan fingerprint density at radius 3 is 2.42 bits per heavy atom. The van der Waals surface area contributed by atoms with Crippen molar-refractivity contribution in [1.29, 1.82) is 0 Å². The molecule has 0 radical (unpaired) electrons. The van der Waals surface area contributed by atoms with E-state index in [-0.39, 0.29) is 12.5 Å². The lowest BCUT2D eigenvalue weighted by Gasteiger charge is -2.36. The predicted octanol–water partition coefficient (Wildman–Crippen LogP) is 3.95. The van der Waals surface area contributed by atoms with E-state index in [1.54, 1.807) is 6.08 Å². The molecule has 1 saturated heterocycles. The smallest absolute Gasteiger partial charge is 0.159 e. The van der Waals surface area contributed by atoms with Crippen molar-refractivity contribution in [3.05, 3.63) is 70.9 Å². The maximum Gasteiger partial charge on any atom is 0.159 e. The molecule has 6 heteroatoms. The van der Waals surface area contributed by atoms with E-state index in [0.717, 1.165) is 31.3 Å². The van der Waals surface area contributed by atoms with Gasteiger partial charge in [-0.25, -0.2) is 17.6 Å². The molecule has 1 heterocycles. The molecule has 0 saturated carbocycles. The monoisotopic (exact) mass is 338 g/mol. The summed E-state index contributed by atoms with van der Waals surface area (Å²) in [6.45, 7) is 2.93. The first-order valence-corrected chi connectivity index (χ1v) is 7.88. The van der Waals surface area contributed by atoms with Gasteiger partial charge in [0.15, 0.2) is 17.5 Å². The van der Waals surface area contributed by atoms with Gasteiger partial charge in [-0.2, -0.15) is 0 Å². The lowest BCUT2D eigenvalue weighted by Crippen LogP contribution is -2.45.